The van der Waals surface area contributed by atoms with Crippen molar-refractivity contribution in [1.29, 1.82) is 0 Å². The van der Waals surface area contributed by atoms with Crippen LogP contribution in [0.2, 0.25) is 0 Å². The van der Waals surface area contributed by atoms with Crippen LogP contribution in [0.3, 0.4) is 0 Å². The summed E-state index contributed by atoms with van der Waals surface area (Å²) in [6, 6.07) is 11.3. The Morgan fingerprint density at radius 1 is 1.14 bits per heavy atom. The van der Waals surface area contributed by atoms with Gasteiger partial charge in [-0.25, -0.2) is 0 Å². The molecule has 2 rings (SSSR count). The van der Waals surface area contributed by atoms with E-state index in [9.17, 15) is 0 Å². The first-order chi connectivity index (χ1) is 10.2. The number of hydrogen-bond donors (Lipinski definition) is 0. The number of ether oxygens (including phenoxy) is 2. The predicted octanol–water partition coefficient (Wildman–Crippen LogP) is 3.57. The molecule has 0 saturated carbocycles. The lowest BCUT2D eigenvalue weighted by molar-refractivity contribution is 0.300. The van der Waals surface area contributed by atoms with Gasteiger partial charge in [0.25, 0.3) is 0 Å². The van der Waals surface area contributed by atoms with E-state index in [0.29, 0.717) is 12.5 Å². The van der Waals surface area contributed by atoms with E-state index in [2.05, 4.69) is 16.8 Å². The summed E-state index contributed by atoms with van der Waals surface area (Å²) in [5.74, 6) is 7.65. The Labute approximate surface area is 129 Å². The standard InChI is InChI=1S/C17H16ClNO2/c1-13-10-17(20-2)11-15(19-13)12-21-16-7-5-14(6-8-16)4-3-9-18/h5-8,10-11H,9,12H2,1-2H3. The van der Waals surface area contributed by atoms with E-state index >= 15 is 0 Å². The average Bonchev–Trinajstić information content (AvgIpc) is 2.51. The summed E-state index contributed by atoms with van der Waals surface area (Å²) in [5.41, 5.74) is 2.65. The molecule has 0 aliphatic heterocycles. The predicted molar refractivity (Wildman–Crippen MR) is 83.9 cm³/mol. The Kier molecular flexibility index (Phi) is 5.48. The van der Waals surface area contributed by atoms with Gasteiger partial charge in [0, 0.05) is 23.4 Å². The first-order valence-electron chi connectivity index (χ1n) is 6.50. The van der Waals surface area contributed by atoms with Gasteiger partial charge in [0.1, 0.15) is 18.1 Å². The second-order valence-corrected chi connectivity index (χ2v) is 4.66. The topological polar surface area (TPSA) is 31.4 Å². The molecule has 1 heterocycles. The van der Waals surface area contributed by atoms with Gasteiger partial charge >= 0.3 is 0 Å². The maximum absolute atomic E-state index is 5.71. The third-order valence-corrected chi connectivity index (χ3v) is 2.89. The fraction of sp³-hybridized carbons (Fsp3) is 0.235. The maximum atomic E-state index is 5.71. The Balaban J connectivity index is 2.01. The maximum Gasteiger partial charge on any atom is 0.130 e. The minimum atomic E-state index is 0.332. The van der Waals surface area contributed by atoms with E-state index in [0.717, 1.165) is 28.5 Å². The summed E-state index contributed by atoms with van der Waals surface area (Å²) in [4.78, 5) is 4.41. The smallest absolute Gasteiger partial charge is 0.130 e. The van der Waals surface area contributed by atoms with E-state index in [1.165, 1.54) is 0 Å². The third-order valence-electron chi connectivity index (χ3n) is 2.76. The molecular weight excluding hydrogens is 286 g/mol. The molecule has 0 fully saturated rings. The summed E-state index contributed by atoms with van der Waals surface area (Å²) in [5, 5.41) is 0. The molecule has 0 radical (unpaired) electrons. The van der Waals surface area contributed by atoms with Gasteiger partial charge in [-0.3, -0.25) is 4.98 Å². The third kappa shape index (κ3) is 4.70. The molecule has 0 amide bonds. The van der Waals surface area contributed by atoms with E-state index in [-0.39, 0.29) is 0 Å². The molecule has 21 heavy (non-hydrogen) atoms. The highest BCUT2D eigenvalue weighted by atomic mass is 35.5. The van der Waals surface area contributed by atoms with Gasteiger partial charge in [0.2, 0.25) is 0 Å². The molecule has 0 aliphatic carbocycles. The lowest BCUT2D eigenvalue weighted by Gasteiger charge is -2.08. The molecule has 1 aromatic heterocycles. The van der Waals surface area contributed by atoms with Crippen LogP contribution < -0.4 is 9.47 Å². The van der Waals surface area contributed by atoms with Crippen molar-refractivity contribution < 1.29 is 9.47 Å². The fourth-order valence-corrected chi connectivity index (χ4v) is 1.89. The van der Waals surface area contributed by atoms with Crippen molar-refractivity contribution in [3.63, 3.8) is 0 Å². The number of halogens is 1. The lowest BCUT2D eigenvalue weighted by Crippen LogP contribution is -2.00. The van der Waals surface area contributed by atoms with Crippen molar-refractivity contribution in [2.45, 2.75) is 13.5 Å². The number of hydrogen-bond acceptors (Lipinski definition) is 3. The Hall–Kier alpha value is -2.18. The molecule has 0 atom stereocenters. The number of alkyl halides is 1. The van der Waals surface area contributed by atoms with Crippen LogP contribution in [-0.2, 0) is 6.61 Å². The largest absolute Gasteiger partial charge is 0.497 e. The zero-order valence-electron chi connectivity index (χ0n) is 12.0. The normalized spacial score (nSPS) is 9.67. The minimum absolute atomic E-state index is 0.332. The van der Waals surface area contributed by atoms with Gasteiger partial charge in [0.15, 0.2) is 0 Å². The van der Waals surface area contributed by atoms with Crippen LogP contribution in [0.1, 0.15) is 17.0 Å². The molecule has 2 aromatic rings. The molecule has 0 N–H and O–H groups in total. The van der Waals surface area contributed by atoms with Gasteiger partial charge < -0.3 is 9.47 Å². The van der Waals surface area contributed by atoms with Crippen molar-refractivity contribution in [3.05, 3.63) is 53.3 Å². The number of nitrogens with zero attached hydrogens (tertiary/aromatic N) is 1. The summed E-state index contributed by atoms with van der Waals surface area (Å²) in [6.45, 7) is 2.32. The molecule has 1 aromatic carbocycles. The van der Waals surface area contributed by atoms with E-state index < -0.39 is 0 Å². The van der Waals surface area contributed by atoms with Gasteiger partial charge in [0.05, 0.1) is 18.7 Å². The molecule has 3 nitrogen and oxygen atoms in total. The summed E-state index contributed by atoms with van der Waals surface area (Å²) in [6.07, 6.45) is 0. The highest BCUT2D eigenvalue weighted by Crippen LogP contribution is 2.17. The van der Waals surface area contributed by atoms with Crippen LogP contribution in [0.25, 0.3) is 0 Å². The first-order valence-corrected chi connectivity index (χ1v) is 7.04. The highest BCUT2D eigenvalue weighted by Gasteiger charge is 2.02. The van der Waals surface area contributed by atoms with Crippen LogP contribution in [-0.4, -0.2) is 18.0 Å². The van der Waals surface area contributed by atoms with Gasteiger partial charge in [-0.15, -0.1) is 11.6 Å². The first kappa shape index (κ1) is 15.2. The van der Waals surface area contributed by atoms with Crippen molar-refractivity contribution in [2.24, 2.45) is 0 Å². The average molecular weight is 302 g/mol. The lowest BCUT2D eigenvalue weighted by atomic mass is 10.2. The number of aryl methyl sites for hydroxylation is 1. The molecule has 0 unspecified atom stereocenters. The molecule has 0 bridgehead atoms. The van der Waals surface area contributed by atoms with Gasteiger partial charge in [-0.2, -0.15) is 0 Å². The molecule has 0 aliphatic rings. The van der Waals surface area contributed by atoms with E-state index in [4.69, 9.17) is 21.1 Å². The van der Waals surface area contributed by atoms with Crippen LogP contribution in [0.4, 0.5) is 0 Å². The minimum Gasteiger partial charge on any atom is -0.497 e. The number of benzene rings is 1. The molecule has 0 spiro atoms. The summed E-state index contributed by atoms with van der Waals surface area (Å²) in [7, 11) is 1.64. The Morgan fingerprint density at radius 2 is 1.90 bits per heavy atom. The van der Waals surface area contributed by atoms with E-state index in [1.807, 2.05) is 43.3 Å². The Morgan fingerprint density at radius 3 is 2.57 bits per heavy atom. The molecule has 0 saturated heterocycles. The quantitative estimate of drug-likeness (QED) is 0.639. The Bertz CT molecular complexity index is 657. The molecular formula is C17H16ClNO2. The number of rotatable bonds is 4. The zero-order valence-corrected chi connectivity index (χ0v) is 12.8. The zero-order chi connectivity index (χ0) is 15.1. The number of aromatic nitrogens is 1. The van der Waals surface area contributed by atoms with Crippen molar-refractivity contribution in [1.82, 2.24) is 4.98 Å². The monoisotopic (exact) mass is 301 g/mol. The van der Waals surface area contributed by atoms with Crippen LogP contribution >= 0.6 is 11.6 Å². The van der Waals surface area contributed by atoms with Crippen LogP contribution in [0.5, 0.6) is 11.5 Å². The van der Waals surface area contributed by atoms with Crippen molar-refractivity contribution in [2.75, 3.05) is 13.0 Å². The fourth-order valence-electron chi connectivity index (χ4n) is 1.82. The molecule has 4 heteroatoms. The van der Waals surface area contributed by atoms with Gasteiger partial charge in [-0.05, 0) is 31.2 Å². The second kappa shape index (κ2) is 7.56. The van der Waals surface area contributed by atoms with Crippen LogP contribution in [0.15, 0.2) is 36.4 Å². The second-order valence-electron chi connectivity index (χ2n) is 4.39. The highest BCUT2D eigenvalue weighted by molar-refractivity contribution is 6.19. The number of methoxy groups -OCH3 is 1. The number of pyridine rings is 1. The summed E-state index contributed by atoms with van der Waals surface area (Å²) < 4.78 is 10.9. The van der Waals surface area contributed by atoms with Crippen molar-refractivity contribution in [3.8, 4) is 23.3 Å². The van der Waals surface area contributed by atoms with Crippen LogP contribution in [0, 0.1) is 18.8 Å². The summed E-state index contributed by atoms with van der Waals surface area (Å²) >= 11 is 5.52. The molecule has 108 valence electrons. The SMILES string of the molecule is COc1cc(C)nc(COc2ccc(C#CCCl)cc2)c1. The van der Waals surface area contributed by atoms with E-state index in [1.54, 1.807) is 7.11 Å². The van der Waals surface area contributed by atoms with Gasteiger partial charge in [-0.1, -0.05) is 11.8 Å². The van der Waals surface area contributed by atoms with Crippen molar-refractivity contribution >= 4 is 11.6 Å².